The molecule has 0 unspecified atom stereocenters. The number of aryl methyl sites for hydroxylation is 1. The van der Waals surface area contributed by atoms with Gasteiger partial charge in [-0.3, -0.25) is 4.98 Å². The first-order valence-corrected chi connectivity index (χ1v) is 27.0. The lowest BCUT2D eigenvalue weighted by Crippen LogP contribution is -2.13. The molecule has 0 bridgehead atoms. The molecule has 9 rings (SSSR count). The lowest BCUT2D eigenvalue weighted by Gasteiger charge is -2.19. The molecule has 0 N–H and O–H groups in total. The van der Waals surface area contributed by atoms with Crippen molar-refractivity contribution in [3.63, 3.8) is 0 Å². The molecule has 0 amide bonds. The monoisotopic (exact) mass is 1000 g/mol. The van der Waals surface area contributed by atoms with E-state index >= 15 is 0 Å². The minimum absolute atomic E-state index is 0.168. The molecule has 0 spiro atoms. The Balaban J connectivity index is 0.000000225. The summed E-state index contributed by atoms with van der Waals surface area (Å²) in [7, 11) is 0. The minimum Gasteiger partial charge on any atom is -0.493 e. The fourth-order valence-electron chi connectivity index (χ4n) is 6.70. The van der Waals surface area contributed by atoms with Crippen molar-refractivity contribution in [3.8, 4) is 17.2 Å². The van der Waals surface area contributed by atoms with E-state index in [0.717, 1.165) is 47.2 Å². The molecule has 6 nitrogen and oxygen atoms in total. The summed E-state index contributed by atoms with van der Waals surface area (Å²) in [5.41, 5.74) is 10.1. The summed E-state index contributed by atoms with van der Waals surface area (Å²) in [6, 6.07) is 37.7. The van der Waals surface area contributed by atoms with Crippen LogP contribution in [0.4, 0.5) is 0 Å². The molecule has 2 aliphatic rings. The largest absolute Gasteiger partial charge is 0.493 e. The molecule has 8 heteroatoms. The Labute approximate surface area is 439 Å². The van der Waals surface area contributed by atoms with Gasteiger partial charge in [0.2, 0.25) is 6.79 Å². The number of hydrogen-bond acceptors (Lipinski definition) is 8. The number of hydrogen-bond donors (Lipinski definition) is 0. The quantitative estimate of drug-likeness (QED) is 0.151. The summed E-state index contributed by atoms with van der Waals surface area (Å²) in [5.74, 6) is 2.80. The summed E-state index contributed by atoms with van der Waals surface area (Å²) in [4.78, 5) is 13.3. The predicted molar refractivity (Wildman–Crippen MR) is 309 cm³/mol. The van der Waals surface area contributed by atoms with Crippen LogP contribution in [0.1, 0.15) is 182 Å². The molecule has 4 aromatic carbocycles. The van der Waals surface area contributed by atoms with Crippen LogP contribution in [0, 0.1) is 6.92 Å². The normalized spacial score (nSPS) is 12.7. The number of thiazole rings is 2. The maximum absolute atomic E-state index is 5.47. The van der Waals surface area contributed by atoms with Crippen LogP contribution in [0.2, 0.25) is 0 Å². The molecule has 71 heavy (non-hydrogen) atoms. The zero-order chi connectivity index (χ0) is 53.4. The van der Waals surface area contributed by atoms with Crippen LogP contribution in [0.3, 0.4) is 0 Å². The topological polar surface area (TPSA) is 66.4 Å². The van der Waals surface area contributed by atoms with E-state index in [1.165, 1.54) is 37.0 Å². The van der Waals surface area contributed by atoms with E-state index in [1.54, 1.807) is 22.7 Å². The predicted octanol–water partition coefficient (Wildman–Crippen LogP) is 18.4. The molecule has 2 aliphatic heterocycles. The molecule has 0 saturated heterocycles. The van der Waals surface area contributed by atoms with Crippen molar-refractivity contribution >= 4 is 32.9 Å². The summed E-state index contributed by atoms with van der Waals surface area (Å²) >= 11 is 3.51. The van der Waals surface area contributed by atoms with Gasteiger partial charge in [-0.25, -0.2) is 9.97 Å². The Morgan fingerprint density at radius 3 is 1.49 bits per heavy atom. The average molecular weight is 1000 g/mol. The highest BCUT2D eigenvalue weighted by Crippen LogP contribution is 2.36. The first kappa shape index (κ1) is 60.3. The van der Waals surface area contributed by atoms with E-state index in [0.29, 0.717) is 12.2 Å². The standard InChI is InChI=1S/C12H16O.C11H13NS.C11H14O2.C10H15N.C10H14.C7H11NS.C2H6/c1-12(2,3)10-4-5-11-9(8-10)6-7-13-11;1-11(2,3)10-12-8-6-4-5-7-9(8)13-10;1-11(2,3)8-4-5-9-10(6-8)13-7-12-9;1-8-6-5-7-9(11-8)10(2,3)4;1-10(2,3)9-7-5-4-6-8-9;1-7(2,3)6-8-4-5-9-6;1-2/h4-5,8H,6-7H2,1-3H3;4-7H,1-3H3;4-6H,7H2,1-3H3;5-7H,1-4H3;4-8H,1-3H3;4-5H,1-3H3;1-2H3. The lowest BCUT2D eigenvalue weighted by molar-refractivity contribution is 0.174. The molecule has 0 fully saturated rings. The average Bonchev–Trinajstić information content (AvgIpc) is 4.14. The van der Waals surface area contributed by atoms with Gasteiger partial charge in [-0.05, 0) is 87.9 Å². The van der Waals surface area contributed by atoms with Crippen LogP contribution in [-0.4, -0.2) is 28.4 Å². The summed E-state index contributed by atoms with van der Waals surface area (Å²) in [6.07, 6.45) is 2.92. The van der Waals surface area contributed by atoms with E-state index in [1.807, 2.05) is 50.5 Å². The molecule has 0 saturated carbocycles. The van der Waals surface area contributed by atoms with E-state index in [2.05, 4.69) is 231 Å². The van der Waals surface area contributed by atoms with Crippen molar-refractivity contribution in [2.24, 2.45) is 0 Å². The Morgan fingerprint density at radius 2 is 1.01 bits per heavy atom. The van der Waals surface area contributed by atoms with Gasteiger partial charge in [0.15, 0.2) is 11.5 Å². The van der Waals surface area contributed by atoms with Crippen LogP contribution in [0.5, 0.6) is 17.2 Å². The Morgan fingerprint density at radius 1 is 0.465 bits per heavy atom. The first-order chi connectivity index (χ1) is 32.9. The highest BCUT2D eigenvalue weighted by molar-refractivity contribution is 7.18. The lowest BCUT2D eigenvalue weighted by atomic mass is 9.86. The van der Waals surface area contributed by atoms with Crippen LogP contribution < -0.4 is 14.2 Å². The van der Waals surface area contributed by atoms with Gasteiger partial charge in [-0.2, -0.15) is 0 Å². The molecule has 7 aromatic rings. The van der Waals surface area contributed by atoms with Crippen molar-refractivity contribution in [1.29, 1.82) is 0 Å². The molecule has 0 atom stereocenters. The maximum Gasteiger partial charge on any atom is 0.231 e. The molecule has 386 valence electrons. The first-order valence-electron chi connectivity index (χ1n) is 25.3. The number of fused-ring (bicyclic) bond motifs is 3. The van der Waals surface area contributed by atoms with Crippen molar-refractivity contribution in [1.82, 2.24) is 15.0 Å². The zero-order valence-electron chi connectivity index (χ0n) is 47.6. The number of rotatable bonds is 0. The third kappa shape index (κ3) is 20.2. The SMILES string of the molecule is CC.CC(C)(C)c1ccc2c(c1)CCO2.CC(C)(C)c1ccc2c(c1)OCO2.CC(C)(C)c1ccccc1.CC(C)(C)c1nc2ccccc2s1.CC(C)(C)c1nccs1.Cc1cccc(C(C)(C)C)n1. The molecule has 5 heterocycles. The smallest absolute Gasteiger partial charge is 0.231 e. The van der Waals surface area contributed by atoms with Crippen LogP contribution >= 0.6 is 22.7 Å². The van der Waals surface area contributed by atoms with Crippen LogP contribution in [0.25, 0.3) is 10.2 Å². The van der Waals surface area contributed by atoms with Gasteiger partial charge in [0.25, 0.3) is 0 Å². The van der Waals surface area contributed by atoms with Crippen molar-refractivity contribution < 1.29 is 14.2 Å². The maximum atomic E-state index is 5.47. The minimum atomic E-state index is 0.168. The third-order valence-electron chi connectivity index (χ3n) is 11.1. The number of pyridine rings is 1. The van der Waals surface area contributed by atoms with Crippen molar-refractivity contribution in [2.45, 2.75) is 184 Å². The molecule has 0 radical (unpaired) electrons. The fourth-order valence-corrected chi connectivity index (χ4v) is 8.45. The van der Waals surface area contributed by atoms with E-state index in [4.69, 9.17) is 14.2 Å². The number of nitrogens with zero attached hydrogens (tertiary/aromatic N) is 3. The summed E-state index contributed by atoms with van der Waals surface area (Å²) in [5, 5.41) is 4.44. The molecular formula is C63H89N3O3S2. The van der Waals surface area contributed by atoms with E-state index in [-0.39, 0.29) is 27.1 Å². The third-order valence-corrected chi connectivity index (χ3v) is 13.8. The highest BCUT2D eigenvalue weighted by Gasteiger charge is 2.21. The van der Waals surface area contributed by atoms with E-state index in [9.17, 15) is 0 Å². The Bertz CT molecular complexity index is 2520. The highest BCUT2D eigenvalue weighted by atomic mass is 32.1. The summed E-state index contributed by atoms with van der Waals surface area (Å²) in [6.45, 7) is 46.8. The number of ether oxygens (including phenoxy) is 3. The van der Waals surface area contributed by atoms with Gasteiger partial charge < -0.3 is 14.2 Å². The molecular weight excluding hydrogens is 911 g/mol. The van der Waals surface area contributed by atoms with Gasteiger partial charge in [0.1, 0.15) is 5.75 Å². The second-order valence-electron chi connectivity index (χ2n) is 23.8. The van der Waals surface area contributed by atoms with Crippen molar-refractivity contribution in [3.05, 3.63) is 164 Å². The van der Waals surface area contributed by atoms with Crippen molar-refractivity contribution in [2.75, 3.05) is 13.4 Å². The Kier molecular flexibility index (Phi) is 22.1. The van der Waals surface area contributed by atoms with Gasteiger partial charge in [-0.15, -0.1) is 22.7 Å². The molecule has 3 aromatic heterocycles. The van der Waals surface area contributed by atoms with Crippen LogP contribution in [-0.2, 0) is 38.9 Å². The van der Waals surface area contributed by atoms with E-state index < -0.39 is 0 Å². The van der Waals surface area contributed by atoms with Gasteiger partial charge >= 0.3 is 0 Å². The Hall–Kier alpha value is -5.05. The van der Waals surface area contributed by atoms with Gasteiger partial charge in [0, 0.05) is 45.6 Å². The zero-order valence-corrected chi connectivity index (χ0v) is 49.2. The fraction of sp³-hybridized carbons (Fsp3) is 0.476. The van der Waals surface area contributed by atoms with Crippen LogP contribution in [0.15, 0.2) is 121 Å². The second kappa shape index (κ2) is 26.1. The van der Waals surface area contributed by atoms with Gasteiger partial charge in [0.05, 0.1) is 26.8 Å². The summed E-state index contributed by atoms with van der Waals surface area (Å²) < 4.78 is 17.3. The second-order valence-corrected chi connectivity index (χ2v) is 25.8. The number of benzene rings is 4. The van der Waals surface area contributed by atoms with Gasteiger partial charge in [-0.1, -0.05) is 205 Å². The number of aromatic nitrogens is 3. The molecule has 0 aliphatic carbocycles. The number of para-hydroxylation sites is 1.